The summed E-state index contributed by atoms with van der Waals surface area (Å²) in [4.78, 5) is 3.25. The number of aromatic amines is 1. The summed E-state index contributed by atoms with van der Waals surface area (Å²) in [6, 6.07) is 15.5. The number of benzene rings is 2. The van der Waals surface area contributed by atoms with Crippen LogP contribution in [-0.2, 0) is 6.54 Å². The highest BCUT2D eigenvalue weighted by atomic mass is 35.5. The van der Waals surface area contributed by atoms with E-state index >= 15 is 0 Å². The van der Waals surface area contributed by atoms with Crippen molar-refractivity contribution < 1.29 is 5.11 Å². The minimum Gasteiger partial charge on any atom is -0.387 e. The SMILES string of the molecule is OC(CNCc1c[nH]c2ccccc12)c1cccc(Cl)c1. The van der Waals surface area contributed by atoms with Crippen molar-refractivity contribution in [2.75, 3.05) is 6.54 Å². The number of aliphatic hydroxyl groups excluding tert-OH is 1. The van der Waals surface area contributed by atoms with E-state index in [0.29, 0.717) is 18.1 Å². The predicted molar refractivity (Wildman–Crippen MR) is 86.4 cm³/mol. The quantitative estimate of drug-likeness (QED) is 0.673. The van der Waals surface area contributed by atoms with Gasteiger partial charge in [-0.2, -0.15) is 0 Å². The number of halogens is 1. The second-order valence-electron chi connectivity index (χ2n) is 5.06. The number of rotatable bonds is 5. The van der Waals surface area contributed by atoms with Gasteiger partial charge in [0.15, 0.2) is 0 Å². The van der Waals surface area contributed by atoms with Crippen LogP contribution in [0.1, 0.15) is 17.2 Å². The Labute approximate surface area is 128 Å². The van der Waals surface area contributed by atoms with Crippen LogP contribution in [0.5, 0.6) is 0 Å². The Morgan fingerprint density at radius 3 is 2.86 bits per heavy atom. The van der Waals surface area contributed by atoms with Crippen LogP contribution in [0, 0.1) is 0 Å². The van der Waals surface area contributed by atoms with E-state index in [1.54, 1.807) is 12.1 Å². The number of H-pyrrole nitrogens is 1. The van der Waals surface area contributed by atoms with Gasteiger partial charge >= 0.3 is 0 Å². The molecule has 3 aromatic rings. The lowest BCUT2D eigenvalue weighted by Crippen LogP contribution is -2.20. The maximum Gasteiger partial charge on any atom is 0.0915 e. The maximum atomic E-state index is 10.2. The van der Waals surface area contributed by atoms with E-state index in [4.69, 9.17) is 11.6 Å². The molecule has 0 radical (unpaired) electrons. The van der Waals surface area contributed by atoms with Crippen molar-refractivity contribution in [3.05, 3.63) is 70.9 Å². The molecule has 0 spiro atoms. The zero-order valence-electron chi connectivity index (χ0n) is 11.5. The second kappa shape index (κ2) is 6.31. The van der Waals surface area contributed by atoms with Crippen LogP contribution in [0.4, 0.5) is 0 Å². The van der Waals surface area contributed by atoms with Gasteiger partial charge in [0.2, 0.25) is 0 Å². The van der Waals surface area contributed by atoms with E-state index in [2.05, 4.69) is 22.4 Å². The summed E-state index contributed by atoms with van der Waals surface area (Å²) in [6.45, 7) is 1.20. The summed E-state index contributed by atoms with van der Waals surface area (Å²) in [5.41, 5.74) is 3.16. The molecule has 3 rings (SSSR count). The summed E-state index contributed by atoms with van der Waals surface area (Å²) >= 11 is 5.93. The highest BCUT2D eigenvalue weighted by Gasteiger charge is 2.08. The first kappa shape index (κ1) is 14.1. The first-order valence-electron chi connectivity index (χ1n) is 6.93. The first-order valence-corrected chi connectivity index (χ1v) is 7.31. The Morgan fingerprint density at radius 2 is 2.00 bits per heavy atom. The standard InChI is InChI=1S/C17H17ClN2O/c18-14-5-3-4-12(8-14)17(21)11-19-9-13-10-20-16-7-2-1-6-15(13)16/h1-8,10,17,19-21H,9,11H2. The fraction of sp³-hybridized carbons (Fsp3) is 0.176. The Kier molecular flexibility index (Phi) is 4.25. The van der Waals surface area contributed by atoms with E-state index < -0.39 is 6.10 Å². The molecular weight excluding hydrogens is 284 g/mol. The van der Waals surface area contributed by atoms with Crippen molar-refractivity contribution in [3.63, 3.8) is 0 Å². The van der Waals surface area contributed by atoms with E-state index in [1.807, 2.05) is 30.5 Å². The molecule has 0 aliphatic heterocycles. The number of aliphatic hydroxyl groups is 1. The molecule has 0 saturated carbocycles. The third kappa shape index (κ3) is 3.27. The fourth-order valence-corrected chi connectivity index (χ4v) is 2.65. The van der Waals surface area contributed by atoms with E-state index in [-0.39, 0.29) is 0 Å². The van der Waals surface area contributed by atoms with Gasteiger partial charge in [-0.25, -0.2) is 0 Å². The van der Waals surface area contributed by atoms with Crippen LogP contribution < -0.4 is 5.32 Å². The van der Waals surface area contributed by atoms with Gasteiger partial charge in [-0.15, -0.1) is 0 Å². The monoisotopic (exact) mass is 300 g/mol. The topological polar surface area (TPSA) is 48.0 Å². The number of para-hydroxylation sites is 1. The Balaban J connectivity index is 1.61. The van der Waals surface area contributed by atoms with Crippen LogP contribution in [0.25, 0.3) is 10.9 Å². The van der Waals surface area contributed by atoms with Gasteiger partial charge in [-0.1, -0.05) is 41.9 Å². The van der Waals surface area contributed by atoms with Crippen LogP contribution >= 0.6 is 11.6 Å². The van der Waals surface area contributed by atoms with Gasteiger partial charge in [0.1, 0.15) is 0 Å². The number of hydrogen-bond donors (Lipinski definition) is 3. The molecule has 1 unspecified atom stereocenters. The minimum absolute atomic E-state index is 0.486. The van der Waals surface area contributed by atoms with Gasteiger partial charge < -0.3 is 15.4 Å². The molecular formula is C17H17ClN2O. The molecule has 0 aliphatic rings. The van der Waals surface area contributed by atoms with Crippen LogP contribution in [0.15, 0.2) is 54.7 Å². The maximum absolute atomic E-state index is 10.2. The third-order valence-electron chi connectivity index (χ3n) is 3.56. The molecule has 0 bridgehead atoms. The summed E-state index contributed by atoms with van der Waals surface area (Å²) in [7, 11) is 0. The lowest BCUT2D eigenvalue weighted by molar-refractivity contribution is 0.174. The average molecular weight is 301 g/mol. The molecule has 0 amide bonds. The lowest BCUT2D eigenvalue weighted by Gasteiger charge is -2.12. The van der Waals surface area contributed by atoms with Crippen LogP contribution in [0.3, 0.4) is 0 Å². The van der Waals surface area contributed by atoms with Crippen molar-refractivity contribution in [1.29, 1.82) is 0 Å². The molecule has 1 aromatic heterocycles. The number of hydrogen-bond acceptors (Lipinski definition) is 2. The second-order valence-corrected chi connectivity index (χ2v) is 5.50. The van der Waals surface area contributed by atoms with Crippen molar-refractivity contribution >= 4 is 22.5 Å². The first-order chi connectivity index (χ1) is 10.2. The molecule has 1 atom stereocenters. The Morgan fingerprint density at radius 1 is 1.14 bits per heavy atom. The molecule has 21 heavy (non-hydrogen) atoms. The highest BCUT2D eigenvalue weighted by Crippen LogP contribution is 2.19. The fourth-order valence-electron chi connectivity index (χ4n) is 2.45. The van der Waals surface area contributed by atoms with E-state index in [0.717, 1.165) is 11.1 Å². The number of aromatic nitrogens is 1. The predicted octanol–water partition coefficient (Wildman–Crippen LogP) is 3.64. The van der Waals surface area contributed by atoms with Gasteiger partial charge in [0.25, 0.3) is 0 Å². The molecule has 108 valence electrons. The lowest BCUT2D eigenvalue weighted by atomic mass is 10.1. The van der Waals surface area contributed by atoms with Crippen molar-refractivity contribution in [3.8, 4) is 0 Å². The molecule has 3 N–H and O–H groups in total. The molecule has 2 aromatic carbocycles. The molecule has 3 nitrogen and oxygen atoms in total. The number of fused-ring (bicyclic) bond motifs is 1. The van der Waals surface area contributed by atoms with E-state index in [1.165, 1.54) is 10.9 Å². The van der Waals surface area contributed by atoms with Crippen molar-refractivity contribution in [2.24, 2.45) is 0 Å². The highest BCUT2D eigenvalue weighted by molar-refractivity contribution is 6.30. The third-order valence-corrected chi connectivity index (χ3v) is 3.80. The Bertz CT molecular complexity index is 738. The van der Waals surface area contributed by atoms with E-state index in [9.17, 15) is 5.11 Å². The zero-order valence-corrected chi connectivity index (χ0v) is 12.3. The summed E-state index contributed by atoms with van der Waals surface area (Å²) in [6.07, 6.45) is 1.44. The van der Waals surface area contributed by atoms with Gasteiger partial charge in [0.05, 0.1) is 6.10 Å². The summed E-state index contributed by atoms with van der Waals surface area (Å²) in [5, 5.41) is 15.3. The van der Waals surface area contributed by atoms with Crippen LogP contribution in [-0.4, -0.2) is 16.6 Å². The normalized spacial score (nSPS) is 12.7. The molecule has 0 saturated heterocycles. The Hall–Kier alpha value is -1.81. The summed E-state index contributed by atoms with van der Waals surface area (Å²) < 4.78 is 0. The molecule has 0 fully saturated rings. The van der Waals surface area contributed by atoms with Crippen molar-refractivity contribution in [2.45, 2.75) is 12.6 Å². The smallest absolute Gasteiger partial charge is 0.0915 e. The molecule has 1 heterocycles. The average Bonchev–Trinajstić information content (AvgIpc) is 2.91. The zero-order chi connectivity index (χ0) is 14.7. The van der Waals surface area contributed by atoms with Gasteiger partial charge in [-0.05, 0) is 29.3 Å². The minimum atomic E-state index is -0.561. The molecule has 4 heteroatoms. The largest absolute Gasteiger partial charge is 0.387 e. The molecule has 0 aliphatic carbocycles. The van der Waals surface area contributed by atoms with Gasteiger partial charge in [0, 0.05) is 35.2 Å². The summed E-state index contributed by atoms with van der Waals surface area (Å²) in [5.74, 6) is 0. The van der Waals surface area contributed by atoms with Crippen molar-refractivity contribution in [1.82, 2.24) is 10.3 Å². The van der Waals surface area contributed by atoms with Crippen LogP contribution in [0.2, 0.25) is 5.02 Å². The van der Waals surface area contributed by atoms with Gasteiger partial charge in [-0.3, -0.25) is 0 Å². The number of nitrogens with one attached hydrogen (secondary N) is 2.